The number of hydrogen-bond donors (Lipinski definition) is 1. The standard InChI is InChI=1S/C12H16N2O4S/c1-8(2)17-5-6-19(15,16)12-14-10-7-9(13)3-4-11(10)18-12/h3-4,7-8H,5-6,13H2,1-2H3. The van der Waals surface area contributed by atoms with Crippen LogP contribution in [0.1, 0.15) is 13.8 Å². The van der Waals surface area contributed by atoms with Crippen molar-refractivity contribution in [2.75, 3.05) is 18.1 Å². The average Bonchev–Trinajstić information content (AvgIpc) is 2.71. The zero-order valence-electron chi connectivity index (χ0n) is 10.8. The Bertz CT molecular complexity index is 676. The van der Waals surface area contributed by atoms with Crippen LogP contribution in [0.3, 0.4) is 0 Å². The maximum Gasteiger partial charge on any atom is 0.316 e. The largest absolute Gasteiger partial charge is 0.428 e. The van der Waals surface area contributed by atoms with Gasteiger partial charge in [0, 0.05) is 5.69 Å². The molecule has 1 aromatic carbocycles. The van der Waals surface area contributed by atoms with Crippen molar-refractivity contribution in [1.29, 1.82) is 0 Å². The van der Waals surface area contributed by atoms with Gasteiger partial charge in [-0.2, -0.15) is 4.98 Å². The summed E-state index contributed by atoms with van der Waals surface area (Å²) in [5, 5.41) is -0.291. The molecule has 2 N–H and O–H groups in total. The fourth-order valence-corrected chi connectivity index (χ4v) is 2.48. The normalized spacial score (nSPS) is 12.4. The molecule has 0 aliphatic rings. The van der Waals surface area contributed by atoms with Gasteiger partial charge < -0.3 is 14.9 Å². The molecule has 2 aromatic rings. The predicted molar refractivity (Wildman–Crippen MR) is 71.6 cm³/mol. The van der Waals surface area contributed by atoms with Crippen molar-refractivity contribution in [1.82, 2.24) is 4.98 Å². The van der Waals surface area contributed by atoms with Crippen LogP contribution in [-0.4, -0.2) is 31.9 Å². The lowest BCUT2D eigenvalue weighted by molar-refractivity contribution is 0.0911. The van der Waals surface area contributed by atoms with Gasteiger partial charge in [-0.05, 0) is 32.0 Å². The van der Waals surface area contributed by atoms with Crippen LogP contribution < -0.4 is 5.73 Å². The third-order valence-corrected chi connectivity index (χ3v) is 3.87. The van der Waals surface area contributed by atoms with Gasteiger partial charge in [0.15, 0.2) is 5.58 Å². The second-order valence-corrected chi connectivity index (χ2v) is 6.43. The summed E-state index contributed by atoms with van der Waals surface area (Å²) < 4.78 is 34.5. The third kappa shape index (κ3) is 3.24. The molecular weight excluding hydrogens is 268 g/mol. The van der Waals surface area contributed by atoms with Crippen molar-refractivity contribution < 1.29 is 17.6 Å². The van der Waals surface area contributed by atoms with Crippen molar-refractivity contribution in [3.8, 4) is 0 Å². The average molecular weight is 284 g/mol. The van der Waals surface area contributed by atoms with Crippen LogP contribution >= 0.6 is 0 Å². The molecule has 0 aliphatic carbocycles. The molecule has 0 bridgehead atoms. The van der Waals surface area contributed by atoms with Crippen LogP contribution in [0.2, 0.25) is 0 Å². The lowest BCUT2D eigenvalue weighted by atomic mass is 10.3. The number of hydrogen-bond acceptors (Lipinski definition) is 6. The summed E-state index contributed by atoms with van der Waals surface area (Å²) in [5.41, 5.74) is 6.95. The lowest BCUT2D eigenvalue weighted by Gasteiger charge is -2.05. The number of aromatic nitrogens is 1. The van der Waals surface area contributed by atoms with E-state index >= 15 is 0 Å². The van der Waals surface area contributed by atoms with E-state index in [1.54, 1.807) is 18.2 Å². The SMILES string of the molecule is CC(C)OCCS(=O)(=O)c1nc2cc(N)ccc2o1. The first-order chi connectivity index (χ1) is 8.88. The first kappa shape index (κ1) is 13.8. The van der Waals surface area contributed by atoms with Gasteiger partial charge in [-0.25, -0.2) is 8.42 Å². The minimum Gasteiger partial charge on any atom is -0.428 e. The van der Waals surface area contributed by atoms with Crippen molar-refractivity contribution in [3.63, 3.8) is 0 Å². The highest BCUT2D eigenvalue weighted by Crippen LogP contribution is 2.21. The molecule has 0 saturated heterocycles. The number of oxazole rings is 1. The summed E-state index contributed by atoms with van der Waals surface area (Å²) in [4.78, 5) is 3.95. The molecule has 0 spiro atoms. The molecule has 0 fully saturated rings. The number of rotatable bonds is 5. The van der Waals surface area contributed by atoms with E-state index in [0.29, 0.717) is 16.8 Å². The van der Waals surface area contributed by atoms with Crippen LogP contribution in [-0.2, 0) is 14.6 Å². The topological polar surface area (TPSA) is 95.4 Å². The molecule has 19 heavy (non-hydrogen) atoms. The maximum atomic E-state index is 12.0. The van der Waals surface area contributed by atoms with E-state index in [4.69, 9.17) is 14.9 Å². The molecule has 0 amide bonds. The maximum absolute atomic E-state index is 12.0. The van der Waals surface area contributed by atoms with Gasteiger partial charge in [0.1, 0.15) is 5.52 Å². The van der Waals surface area contributed by atoms with Crippen molar-refractivity contribution >= 4 is 26.6 Å². The van der Waals surface area contributed by atoms with Gasteiger partial charge in [-0.1, -0.05) is 0 Å². The molecular formula is C12H16N2O4S. The number of sulfone groups is 1. The summed E-state index contributed by atoms with van der Waals surface area (Å²) in [6.45, 7) is 3.80. The van der Waals surface area contributed by atoms with E-state index in [9.17, 15) is 8.42 Å². The third-order valence-electron chi connectivity index (χ3n) is 2.46. The highest BCUT2D eigenvalue weighted by molar-refractivity contribution is 7.91. The molecule has 6 nitrogen and oxygen atoms in total. The summed E-state index contributed by atoms with van der Waals surface area (Å²) >= 11 is 0. The molecule has 104 valence electrons. The Hall–Kier alpha value is -1.60. The predicted octanol–water partition coefficient (Wildman–Crippen LogP) is 1.61. The van der Waals surface area contributed by atoms with Gasteiger partial charge in [0.25, 0.3) is 0 Å². The van der Waals surface area contributed by atoms with Gasteiger partial charge in [-0.3, -0.25) is 0 Å². The minimum atomic E-state index is -3.57. The number of anilines is 1. The Morgan fingerprint density at radius 3 is 2.84 bits per heavy atom. The molecule has 0 atom stereocenters. The Morgan fingerprint density at radius 1 is 1.42 bits per heavy atom. The summed E-state index contributed by atoms with van der Waals surface area (Å²) in [7, 11) is -3.57. The fraction of sp³-hybridized carbons (Fsp3) is 0.417. The number of nitrogens with two attached hydrogens (primary N) is 1. The van der Waals surface area contributed by atoms with Crippen LogP contribution in [0.5, 0.6) is 0 Å². The lowest BCUT2D eigenvalue weighted by Crippen LogP contribution is -2.15. The van der Waals surface area contributed by atoms with Gasteiger partial charge in [-0.15, -0.1) is 0 Å². The Kier molecular flexibility index (Phi) is 3.77. The van der Waals surface area contributed by atoms with E-state index in [2.05, 4.69) is 4.98 Å². The van der Waals surface area contributed by atoms with E-state index < -0.39 is 9.84 Å². The molecule has 1 heterocycles. The minimum absolute atomic E-state index is 0.0152. The number of ether oxygens (including phenoxy) is 1. The number of nitrogen functional groups attached to an aromatic ring is 1. The summed E-state index contributed by atoms with van der Waals surface area (Å²) in [6, 6.07) is 4.80. The molecule has 0 aliphatic heterocycles. The van der Waals surface area contributed by atoms with Gasteiger partial charge in [0.05, 0.1) is 18.5 Å². The van der Waals surface area contributed by atoms with Crippen LogP contribution in [0.25, 0.3) is 11.1 Å². The first-order valence-electron chi connectivity index (χ1n) is 5.89. The molecule has 2 rings (SSSR count). The summed E-state index contributed by atoms with van der Waals surface area (Å²) in [5.74, 6) is -0.159. The van der Waals surface area contributed by atoms with E-state index in [0.717, 1.165) is 0 Å². The molecule has 0 radical (unpaired) electrons. The second-order valence-electron chi connectivity index (χ2n) is 4.45. The molecule has 1 aromatic heterocycles. The van der Waals surface area contributed by atoms with Crippen LogP contribution in [0.4, 0.5) is 5.69 Å². The van der Waals surface area contributed by atoms with Gasteiger partial charge >= 0.3 is 5.22 Å². The van der Waals surface area contributed by atoms with E-state index in [1.807, 2.05) is 13.8 Å². The molecule has 0 unspecified atom stereocenters. The van der Waals surface area contributed by atoms with Crippen molar-refractivity contribution in [2.45, 2.75) is 25.2 Å². The number of fused-ring (bicyclic) bond motifs is 1. The number of nitrogens with zero attached hydrogens (tertiary/aromatic N) is 1. The molecule has 0 saturated carbocycles. The van der Waals surface area contributed by atoms with Crippen molar-refractivity contribution in [3.05, 3.63) is 18.2 Å². The van der Waals surface area contributed by atoms with Crippen LogP contribution in [0.15, 0.2) is 27.8 Å². The highest BCUT2D eigenvalue weighted by Gasteiger charge is 2.22. The second kappa shape index (κ2) is 5.18. The van der Waals surface area contributed by atoms with E-state index in [-0.39, 0.29) is 23.7 Å². The Balaban J connectivity index is 2.23. The Morgan fingerprint density at radius 2 is 2.16 bits per heavy atom. The smallest absolute Gasteiger partial charge is 0.316 e. The fourth-order valence-electron chi connectivity index (χ4n) is 1.54. The van der Waals surface area contributed by atoms with Crippen molar-refractivity contribution in [2.24, 2.45) is 0 Å². The molecule has 7 heteroatoms. The Labute approximate surface area is 111 Å². The van der Waals surface area contributed by atoms with Crippen LogP contribution in [0, 0.1) is 0 Å². The zero-order chi connectivity index (χ0) is 14.0. The van der Waals surface area contributed by atoms with E-state index in [1.165, 1.54) is 0 Å². The first-order valence-corrected chi connectivity index (χ1v) is 7.54. The highest BCUT2D eigenvalue weighted by atomic mass is 32.2. The number of benzene rings is 1. The quantitative estimate of drug-likeness (QED) is 0.838. The zero-order valence-corrected chi connectivity index (χ0v) is 11.6. The van der Waals surface area contributed by atoms with Gasteiger partial charge in [0.2, 0.25) is 9.84 Å². The monoisotopic (exact) mass is 284 g/mol. The summed E-state index contributed by atoms with van der Waals surface area (Å²) in [6.07, 6.45) is -0.0152.